The molecule has 2 N–H and O–H groups in total. The summed E-state index contributed by atoms with van der Waals surface area (Å²) in [6, 6.07) is 15.9. The number of carbonyl (C=O) groups excluding carboxylic acids is 1. The normalized spacial score (nSPS) is 13.7. The number of rotatable bonds is 7. The van der Waals surface area contributed by atoms with E-state index in [4.69, 9.17) is 12.2 Å². The van der Waals surface area contributed by atoms with Crippen molar-refractivity contribution in [2.45, 2.75) is 27.3 Å². The molecule has 1 aliphatic heterocycles. The van der Waals surface area contributed by atoms with Gasteiger partial charge in [-0.1, -0.05) is 31.5 Å². The molecule has 0 saturated carbocycles. The Labute approximate surface area is 213 Å². The van der Waals surface area contributed by atoms with E-state index >= 15 is 0 Å². The minimum absolute atomic E-state index is 0.0385. The predicted octanol–water partition coefficient (Wildman–Crippen LogP) is 4.22. The Kier molecular flexibility index (Phi) is 8.02. The molecule has 0 radical (unpaired) electrons. The van der Waals surface area contributed by atoms with E-state index in [1.807, 2.05) is 43.3 Å². The van der Waals surface area contributed by atoms with Crippen molar-refractivity contribution in [3.05, 3.63) is 77.9 Å². The van der Waals surface area contributed by atoms with Crippen LogP contribution in [-0.2, 0) is 6.54 Å². The van der Waals surface area contributed by atoms with Crippen molar-refractivity contribution >= 4 is 34.6 Å². The largest absolute Gasteiger partial charge is 0.368 e. The predicted molar refractivity (Wildman–Crippen MR) is 146 cm³/mol. The first-order valence-electron chi connectivity index (χ1n) is 12.1. The number of hydrogen-bond acceptors (Lipinski definition) is 4. The van der Waals surface area contributed by atoms with E-state index in [0.717, 1.165) is 60.5 Å². The summed E-state index contributed by atoms with van der Waals surface area (Å²) >= 11 is 5.56. The van der Waals surface area contributed by atoms with Crippen LogP contribution in [0.25, 0.3) is 0 Å². The molecule has 1 aliphatic rings. The second-order valence-corrected chi connectivity index (χ2v) is 9.79. The molecule has 184 valence electrons. The summed E-state index contributed by atoms with van der Waals surface area (Å²) < 4.78 is 0. The molecule has 1 aromatic heterocycles. The molecular weight excluding hydrogens is 456 g/mol. The third-order valence-corrected chi connectivity index (χ3v) is 6.58. The van der Waals surface area contributed by atoms with Crippen molar-refractivity contribution < 1.29 is 4.79 Å². The number of carbonyl (C=O) groups is 1. The van der Waals surface area contributed by atoms with Gasteiger partial charge >= 0.3 is 0 Å². The average Bonchev–Trinajstić information content (AvgIpc) is 3.39. The minimum atomic E-state index is -0.0385. The number of aromatic nitrogens is 2. The molecule has 1 fully saturated rings. The number of H-pyrrole nitrogens is 1. The SMILES string of the molecule is Cc1ccc(C(=O)N(Cc2cnc[nH]2)c2ccc(N3CCN(C(=S)NCC(C)C)CC3)cc2)cc1. The third-order valence-electron chi connectivity index (χ3n) is 6.18. The molecule has 3 aromatic rings. The number of hydrogen-bond donors (Lipinski definition) is 2. The molecule has 1 saturated heterocycles. The van der Waals surface area contributed by atoms with Crippen LogP contribution in [0.4, 0.5) is 11.4 Å². The van der Waals surface area contributed by atoms with Crippen molar-refractivity contribution in [2.24, 2.45) is 5.92 Å². The lowest BCUT2D eigenvalue weighted by atomic mass is 10.1. The van der Waals surface area contributed by atoms with Gasteiger partial charge in [0.25, 0.3) is 5.91 Å². The van der Waals surface area contributed by atoms with E-state index in [9.17, 15) is 4.79 Å². The fourth-order valence-corrected chi connectivity index (χ4v) is 4.35. The monoisotopic (exact) mass is 490 g/mol. The van der Waals surface area contributed by atoms with E-state index < -0.39 is 0 Å². The summed E-state index contributed by atoms with van der Waals surface area (Å²) in [5.74, 6) is 0.529. The summed E-state index contributed by atoms with van der Waals surface area (Å²) in [6.07, 6.45) is 3.39. The van der Waals surface area contributed by atoms with Gasteiger partial charge in [0.1, 0.15) is 0 Å². The van der Waals surface area contributed by atoms with Crippen molar-refractivity contribution in [3.8, 4) is 0 Å². The molecule has 0 atom stereocenters. The van der Waals surface area contributed by atoms with Crippen LogP contribution in [0.3, 0.4) is 0 Å². The standard InChI is InChI=1S/C27H34N6OS/c1-20(2)16-29-27(35)32-14-12-31(13-15-32)24-8-10-25(11-9-24)33(18-23-17-28-19-30-23)26(34)22-6-4-21(3)5-7-22/h4-11,17,19-20H,12-16,18H2,1-3H3,(H,28,30)(H,29,35). The van der Waals surface area contributed by atoms with Gasteiger partial charge in [-0.05, 0) is 61.5 Å². The highest BCUT2D eigenvalue weighted by atomic mass is 32.1. The number of amides is 1. The zero-order valence-corrected chi connectivity index (χ0v) is 21.5. The molecule has 1 amide bonds. The van der Waals surface area contributed by atoms with Gasteiger partial charge in [0.15, 0.2) is 5.11 Å². The Bertz CT molecular complexity index is 1100. The van der Waals surface area contributed by atoms with Gasteiger partial charge in [-0.2, -0.15) is 0 Å². The van der Waals surface area contributed by atoms with Gasteiger partial charge in [-0.15, -0.1) is 0 Å². The number of nitrogens with zero attached hydrogens (tertiary/aromatic N) is 4. The highest BCUT2D eigenvalue weighted by Gasteiger charge is 2.21. The van der Waals surface area contributed by atoms with Crippen LogP contribution in [0.5, 0.6) is 0 Å². The Balaban J connectivity index is 1.44. The van der Waals surface area contributed by atoms with Crippen molar-refractivity contribution in [2.75, 3.05) is 42.5 Å². The zero-order chi connectivity index (χ0) is 24.8. The van der Waals surface area contributed by atoms with Crippen LogP contribution >= 0.6 is 12.2 Å². The number of thiocarbonyl (C=S) groups is 1. The molecule has 0 aliphatic carbocycles. The summed E-state index contributed by atoms with van der Waals surface area (Å²) in [5, 5.41) is 4.21. The summed E-state index contributed by atoms with van der Waals surface area (Å²) in [5.41, 5.74) is 4.68. The Morgan fingerprint density at radius 2 is 1.77 bits per heavy atom. The van der Waals surface area contributed by atoms with Crippen LogP contribution in [0.15, 0.2) is 61.1 Å². The van der Waals surface area contributed by atoms with Crippen molar-refractivity contribution in [1.29, 1.82) is 0 Å². The van der Waals surface area contributed by atoms with Gasteiger partial charge < -0.3 is 25.0 Å². The lowest BCUT2D eigenvalue weighted by molar-refractivity contribution is 0.0985. The maximum atomic E-state index is 13.4. The number of aromatic amines is 1. The summed E-state index contributed by atoms with van der Waals surface area (Å²) in [6.45, 7) is 11.3. The molecule has 2 aromatic carbocycles. The van der Waals surface area contributed by atoms with Crippen LogP contribution in [0.1, 0.15) is 35.5 Å². The Morgan fingerprint density at radius 3 is 2.37 bits per heavy atom. The molecule has 4 rings (SSSR count). The van der Waals surface area contributed by atoms with Crippen LogP contribution in [0, 0.1) is 12.8 Å². The van der Waals surface area contributed by atoms with Gasteiger partial charge in [-0.25, -0.2) is 4.98 Å². The fraction of sp³-hybridized carbons (Fsp3) is 0.370. The molecule has 35 heavy (non-hydrogen) atoms. The second-order valence-electron chi connectivity index (χ2n) is 9.40. The number of imidazole rings is 1. The van der Waals surface area contributed by atoms with E-state index in [1.165, 1.54) is 0 Å². The lowest BCUT2D eigenvalue weighted by Gasteiger charge is -2.37. The Morgan fingerprint density at radius 1 is 1.09 bits per heavy atom. The fourth-order valence-electron chi connectivity index (χ4n) is 4.09. The summed E-state index contributed by atoms with van der Waals surface area (Å²) in [4.78, 5) is 27.0. The maximum Gasteiger partial charge on any atom is 0.258 e. The molecular formula is C27H34N6OS. The molecule has 8 heteroatoms. The van der Waals surface area contributed by atoms with Gasteiger partial charge in [-0.3, -0.25) is 4.79 Å². The van der Waals surface area contributed by atoms with Crippen molar-refractivity contribution in [1.82, 2.24) is 20.2 Å². The zero-order valence-electron chi connectivity index (χ0n) is 20.7. The Hall–Kier alpha value is -3.39. The van der Waals surface area contributed by atoms with Gasteiger partial charge in [0.2, 0.25) is 0 Å². The molecule has 0 bridgehead atoms. The second kappa shape index (κ2) is 11.4. The topological polar surface area (TPSA) is 67.5 Å². The minimum Gasteiger partial charge on any atom is -0.368 e. The van der Waals surface area contributed by atoms with E-state index in [-0.39, 0.29) is 5.91 Å². The average molecular weight is 491 g/mol. The quantitative estimate of drug-likeness (QED) is 0.484. The first-order chi connectivity index (χ1) is 16.9. The third kappa shape index (κ3) is 6.39. The van der Waals surface area contributed by atoms with E-state index in [2.05, 4.69) is 51.1 Å². The first kappa shape index (κ1) is 24.7. The highest BCUT2D eigenvalue weighted by molar-refractivity contribution is 7.80. The van der Waals surface area contributed by atoms with Crippen LogP contribution < -0.4 is 15.1 Å². The highest BCUT2D eigenvalue weighted by Crippen LogP contribution is 2.25. The number of benzene rings is 2. The molecule has 7 nitrogen and oxygen atoms in total. The molecule has 2 heterocycles. The number of piperazine rings is 1. The van der Waals surface area contributed by atoms with Gasteiger partial charge in [0, 0.05) is 55.9 Å². The summed E-state index contributed by atoms with van der Waals surface area (Å²) in [7, 11) is 0. The van der Waals surface area contributed by atoms with E-state index in [1.54, 1.807) is 17.4 Å². The van der Waals surface area contributed by atoms with Gasteiger partial charge in [0.05, 0.1) is 18.6 Å². The number of aryl methyl sites for hydroxylation is 1. The first-order valence-corrected chi connectivity index (χ1v) is 12.5. The lowest BCUT2D eigenvalue weighted by Crippen LogP contribution is -2.52. The molecule has 0 unspecified atom stereocenters. The van der Waals surface area contributed by atoms with Crippen LogP contribution in [0.2, 0.25) is 0 Å². The number of anilines is 2. The number of nitrogens with one attached hydrogen (secondary N) is 2. The van der Waals surface area contributed by atoms with Crippen molar-refractivity contribution in [3.63, 3.8) is 0 Å². The van der Waals surface area contributed by atoms with E-state index in [0.29, 0.717) is 18.0 Å². The maximum absolute atomic E-state index is 13.4. The van der Waals surface area contributed by atoms with Crippen LogP contribution in [-0.4, -0.2) is 58.6 Å². The smallest absolute Gasteiger partial charge is 0.258 e. The molecule has 0 spiro atoms.